The van der Waals surface area contributed by atoms with Crippen molar-refractivity contribution < 1.29 is 9.47 Å². The Morgan fingerprint density at radius 1 is 1.26 bits per heavy atom. The highest BCUT2D eigenvalue weighted by atomic mass is 16.5. The topological polar surface area (TPSA) is 30.5 Å². The zero-order valence-electron chi connectivity index (χ0n) is 12.9. The zero-order valence-corrected chi connectivity index (χ0v) is 12.9. The van der Waals surface area contributed by atoms with E-state index < -0.39 is 0 Å². The number of rotatable bonds is 5. The number of likely N-dealkylation sites (N-methyl/N-ethyl adjacent to an activating group) is 1. The van der Waals surface area contributed by atoms with Gasteiger partial charge in [-0.15, -0.1) is 0 Å². The Balaban J connectivity index is 2.15. The van der Waals surface area contributed by atoms with Crippen LogP contribution in [0.5, 0.6) is 0 Å². The van der Waals surface area contributed by atoms with Crippen LogP contribution in [-0.4, -0.2) is 39.0 Å². The van der Waals surface area contributed by atoms with Gasteiger partial charge in [-0.1, -0.05) is 32.6 Å². The minimum Gasteiger partial charge on any atom is -0.381 e. The molecule has 3 unspecified atom stereocenters. The van der Waals surface area contributed by atoms with Crippen molar-refractivity contribution in [1.29, 1.82) is 0 Å². The number of nitrogens with one attached hydrogen (secondary N) is 1. The maximum Gasteiger partial charge on any atom is 0.0877 e. The largest absolute Gasteiger partial charge is 0.381 e. The lowest BCUT2D eigenvalue weighted by molar-refractivity contribution is -0.126. The minimum absolute atomic E-state index is 0.0115. The lowest BCUT2D eigenvalue weighted by atomic mass is 9.68. The quantitative estimate of drug-likeness (QED) is 0.832. The van der Waals surface area contributed by atoms with Crippen molar-refractivity contribution in [2.24, 2.45) is 11.8 Å². The SMILES string of the molecule is CCC1CCCCC1C(NC)C1(OC)CCOCC1. The summed E-state index contributed by atoms with van der Waals surface area (Å²) < 4.78 is 11.6. The molecule has 19 heavy (non-hydrogen) atoms. The third-order valence-electron chi connectivity index (χ3n) is 5.54. The summed E-state index contributed by atoms with van der Waals surface area (Å²) in [6.07, 6.45) is 8.92. The van der Waals surface area contributed by atoms with Crippen LogP contribution in [0.25, 0.3) is 0 Å². The Morgan fingerprint density at radius 3 is 2.53 bits per heavy atom. The fraction of sp³-hybridized carbons (Fsp3) is 1.00. The minimum atomic E-state index is -0.0115. The molecule has 1 saturated carbocycles. The summed E-state index contributed by atoms with van der Waals surface area (Å²) in [5, 5.41) is 3.62. The summed E-state index contributed by atoms with van der Waals surface area (Å²) in [6, 6.07) is 0.478. The molecule has 1 N–H and O–H groups in total. The molecule has 1 aliphatic carbocycles. The van der Waals surface area contributed by atoms with Gasteiger partial charge < -0.3 is 14.8 Å². The summed E-state index contributed by atoms with van der Waals surface area (Å²) in [7, 11) is 4.00. The first-order valence-electron chi connectivity index (χ1n) is 8.07. The summed E-state index contributed by atoms with van der Waals surface area (Å²) in [5.41, 5.74) is -0.0115. The van der Waals surface area contributed by atoms with Gasteiger partial charge in [0.15, 0.2) is 0 Å². The molecule has 1 aliphatic heterocycles. The van der Waals surface area contributed by atoms with Gasteiger partial charge in [-0.25, -0.2) is 0 Å². The predicted octanol–water partition coefficient (Wildman–Crippen LogP) is 2.99. The first-order valence-corrected chi connectivity index (χ1v) is 8.07. The maximum atomic E-state index is 6.04. The molecule has 2 aliphatic rings. The second kappa shape index (κ2) is 7.05. The van der Waals surface area contributed by atoms with E-state index in [2.05, 4.69) is 19.3 Å². The molecular weight excluding hydrogens is 238 g/mol. The molecule has 2 rings (SSSR count). The summed E-state index contributed by atoms with van der Waals surface area (Å²) in [4.78, 5) is 0. The summed E-state index contributed by atoms with van der Waals surface area (Å²) >= 11 is 0. The molecule has 0 spiro atoms. The van der Waals surface area contributed by atoms with Gasteiger partial charge in [-0.2, -0.15) is 0 Å². The van der Waals surface area contributed by atoms with E-state index in [9.17, 15) is 0 Å². The molecule has 1 heterocycles. The van der Waals surface area contributed by atoms with Crippen LogP contribution in [0.2, 0.25) is 0 Å². The van der Waals surface area contributed by atoms with Crippen LogP contribution in [0.1, 0.15) is 51.9 Å². The molecule has 0 aromatic heterocycles. The van der Waals surface area contributed by atoms with E-state index in [4.69, 9.17) is 9.47 Å². The Labute approximate surface area is 118 Å². The fourth-order valence-electron chi connectivity index (χ4n) is 4.41. The fourth-order valence-corrected chi connectivity index (χ4v) is 4.41. The summed E-state index contributed by atoms with van der Waals surface area (Å²) in [6.45, 7) is 4.03. The van der Waals surface area contributed by atoms with E-state index in [1.807, 2.05) is 7.11 Å². The lowest BCUT2D eigenvalue weighted by Crippen LogP contribution is -2.59. The molecule has 3 nitrogen and oxygen atoms in total. The van der Waals surface area contributed by atoms with Crippen molar-refractivity contribution in [3.8, 4) is 0 Å². The lowest BCUT2D eigenvalue weighted by Gasteiger charge is -2.48. The second-order valence-corrected chi connectivity index (χ2v) is 6.26. The maximum absolute atomic E-state index is 6.04. The van der Waals surface area contributed by atoms with E-state index >= 15 is 0 Å². The molecule has 3 heteroatoms. The molecule has 1 saturated heterocycles. The van der Waals surface area contributed by atoms with Crippen LogP contribution in [0.4, 0.5) is 0 Å². The average molecular weight is 269 g/mol. The number of methoxy groups -OCH3 is 1. The number of hydrogen-bond donors (Lipinski definition) is 1. The van der Waals surface area contributed by atoms with Gasteiger partial charge >= 0.3 is 0 Å². The third kappa shape index (κ3) is 3.14. The van der Waals surface area contributed by atoms with Crippen molar-refractivity contribution in [1.82, 2.24) is 5.32 Å². The van der Waals surface area contributed by atoms with Crippen molar-refractivity contribution in [3.05, 3.63) is 0 Å². The van der Waals surface area contributed by atoms with E-state index in [0.717, 1.165) is 37.9 Å². The Morgan fingerprint density at radius 2 is 1.95 bits per heavy atom. The van der Waals surface area contributed by atoms with Crippen molar-refractivity contribution in [2.45, 2.75) is 63.5 Å². The summed E-state index contributed by atoms with van der Waals surface area (Å²) in [5.74, 6) is 1.63. The first kappa shape index (κ1) is 15.3. The monoisotopic (exact) mass is 269 g/mol. The Bertz CT molecular complexity index is 263. The van der Waals surface area contributed by atoms with Gasteiger partial charge in [-0.05, 0) is 25.3 Å². The van der Waals surface area contributed by atoms with Crippen molar-refractivity contribution >= 4 is 0 Å². The molecule has 0 radical (unpaired) electrons. The van der Waals surface area contributed by atoms with Crippen molar-refractivity contribution in [2.75, 3.05) is 27.4 Å². The van der Waals surface area contributed by atoms with Gasteiger partial charge in [0, 0.05) is 39.2 Å². The number of hydrogen-bond acceptors (Lipinski definition) is 3. The van der Waals surface area contributed by atoms with E-state index in [-0.39, 0.29) is 5.60 Å². The van der Waals surface area contributed by atoms with Crippen LogP contribution >= 0.6 is 0 Å². The molecule has 3 atom stereocenters. The van der Waals surface area contributed by atoms with Crippen LogP contribution < -0.4 is 5.32 Å². The van der Waals surface area contributed by atoms with Crippen LogP contribution in [0, 0.1) is 11.8 Å². The first-order chi connectivity index (χ1) is 9.27. The normalized spacial score (nSPS) is 33.0. The smallest absolute Gasteiger partial charge is 0.0877 e. The second-order valence-electron chi connectivity index (χ2n) is 6.26. The van der Waals surface area contributed by atoms with Gasteiger partial charge in [0.1, 0.15) is 0 Å². The highest BCUT2D eigenvalue weighted by Gasteiger charge is 2.45. The standard InChI is InChI=1S/C16H31NO2/c1-4-13-7-5-6-8-14(13)15(17-2)16(18-3)9-11-19-12-10-16/h13-15,17H,4-12H2,1-3H3. The Kier molecular flexibility index (Phi) is 5.67. The Hall–Kier alpha value is -0.120. The van der Waals surface area contributed by atoms with Crippen molar-refractivity contribution in [3.63, 3.8) is 0 Å². The van der Waals surface area contributed by atoms with Crippen LogP contribution in [-0.2, 0) is 9.47 Å². The number of ether oxygens (including phenoxy) is 2. The van der Waals surface area contributed by atoms with Gasteiger partial charge in [0.05, 0.1) is 5.60 Å². The highest BCUT2D eigenvalue weighted by Crippen LogP contribution is 2.41. The van der Waals surface area contributed by atoms with Crippen LogP contribution in [0.15, 0.2) is 0 Å². The molecular formula is C16H31NO2. The molecule has 2 fully saturated rings. The molecule has 112 valence electrons. The highest BCUT2D eigenvalue weighted by molar-refractivity contribution is 5.00. The molecule has 0 bridgehead atoms. The van der Waals surface area contributed by atoms with E-state index in [0.29, 0.717) is 6.04 Å². The van der Waals surface area contributed by atoms with Gasteiger partial charge in [-0.3, -0.25) is 0 Å². The third-order valence-corrected chi connectivity index (χ3v) is 5.54. The van der Waals surface area contributed by atoms with E-state index in [1.165, 1.54) is 32.1 Å². The van der Waals surface area contributed by atoms with Crippen LogP contribution in [0.3, 0.4) is 0 Å². The molecule has 0 amide bonds. The molecule has 0 aromatic carbocycles. The predicted molar refractivity (Wildman–Crippen MR) is 78.4 cm³/mol. The zero-order chi connectivity index (χ0) is 13.7. The van der Waals surface area contributed by atoms with Gasteiger partial charge in [0.25, 0.3) is 0 Å². The van der Waals surface area contributed by atoms with E-state index in [1.54, 1.807) is 0 Å². The van der Waals surface area contributed by atoms with Gasteiger partial charge in [0.2, 0.25) is 0 Å². The molecule has 0 aromatic rings. The average Bonchev–Trinajstić information content (AvgIpc) is 2.49.